The highest BCUT2D eigenvalue weighted by Gasteiger charge is 2.22. The maximum atomic E-state index is 13.3. The fourth-order valence-corrected chi connectivity index (χ4v) is 4.37. The quantitative estimate of drug-likeness (QED) is 0.229. The van der Waals surface area contributed by atoms with E-state index in [0.29, 0.717) is 16.7 Å². The Morgan fingerprint density at radius 2 is 1.76 bits per heavy atom. The van der Waals surface area contributed by atoms with Crippen LogP contribution in [0.4, 0.5) is 5.82 Å². The number of nitrogen functional groups attached to an aromatic ring is 1. The molecule has 2 amide bonds. The number of pyridine rings is 2. The summed E-state index contributed by atoms with van der Waals surface area (Å²) in [6.45, 7) is 0.236. The van der Waals surface area contributed by atoms with Gasteiger partial charge in [0.2, 0.25) is 5.91 Å². The zero-order valence-corrected chi connectivity index (χ0v) is 20.3. The minimum atomic E-state index is -0.867. The zero-order valence-electron chi connectivity index (χ0n) is 20.3. The Kier molecular flexibility index (Phi) is 6.73. The highest BCUT2D eigenvalue weighted by atomic mass is 16.3. The normalized spacial score (nSPS) is 11.8. The lowest BCUT2D eigenvalue weighted by Crippen LogP contribution is -2.47. The van der Waals surface area contributed by atoms with Crippen LogP contribution in [0.15, 0.2) is 89.7 Å². The second-order valence-electron chi connectivity index (χ2n) is 8.93. The van der Waals surface area contributed by atoms with Crippen molar-refractivity contribution in [3.8, 4) is 5.75 Å². The molecular formula is C29H25N5O4. The fourth-order valence-electron chi connectivity index (χ4n) is 4.37. The molecule has 5 rings (SSSR count). The fraction of sp³-hybridized carbons (Fsp3) is 0.103. The van der Waals surface area contributed by atoms with Crippen LogP contribution < -0.4 is 21.9 Å². The van der Waals surface area contributed by atoms with Crippen molar-refractivity contribution in [2.45, 2.75) is 19.0 Å². The first-order valence-corrected chi connectivity index (χ1v) is 12.0. The second-order valence-corrected chi connectivity index (χ2v) is 8.93. The Balaban J connectivity index is 1.38. The Morgan fingerprint density at radius 1 is 0.947 bits per heavy atom. The van der Waals surface area contributed by atoms with Crippen molar-refractivity contribution in [2.75, 3.05) is 5.73 Å². The van der Waals surface area contributed by atoms with Crippen LogP contribution in [-0.2, 0) is 17.8 Å². The van der Waals surface area contributed by atoms with E-state index >= 15 is 0 Å². The summed E-state index contributed by atoms with van der Waals surface area (Å²) in [6, 6.07) is 23.3. The van der Waals surface area contributed by atoms with E-state index in [4.69, 9.17) is 5.73 Å². The molecule has 0 aliphatic rings. The van der Waals surface area contributed by atoms with Gasteiger partial charge in [0.25, 0.3) is 11.5 Å². The van der Waals surface area contributed by atoms with Gasteiger partial charge in [0.1, 0.15) is 17.6 Å². The monoisotopic (exact) mass is 507 g/mol. The molecule has 9 nitrogen and oxygen atoms in total. The Hall–Kier alpha value is -5.18. The highest BCUT2D eigenvalue weighted by Crippen LogP contribution is 2.22. The number of hydrogen-bond donors (Lipinski definition) is 5. The third-order valence-electron chi connectivity index (χ3n) is 6.28. The number of nitrogens with zero attached hydrogens (tertiary/aromatic N) is 1. The van der Waals surface area contributed by atoms with Crippen molar-refractivity contribution in [3.63, 3.8) is 0 Å². The number of aromatic hydroxyl groups is 1. The van der Waals surface area contributed by atoms with Crippen LogP contribution in [-0.4, -0.2) is 32.9 Å². The molecule has 3 aromatic carbocycles. The van der Waals surface area contributed by atoms with Crippen LogP contribution in [0.25, 0.3) is 21.8 Å². The standard InChI is InChI=1S/C29H25N5O4/c30-26-12-10-20-19(7-4-8-22(20)32-26)16-31-29(38)24(13-17-5-2-1-3-6-17)34-28(37)18-9-11-23-21(14-18)25(35)15-27(36)33-23/h1-12,14-15,24H,13,16H2,(H2,30,32)(H,31,38)(H,34,37)(H2,33,35,36)/t24-/m0/s1. The number of amides is 2. The van der Waals surface area contributed by atoms with E-state index in [2.05, 4.69) is 20.6 Å². The van der Waals surface area contributed by atoms with E-state index in [9.17, 15) is 19.5 Å². The molecule has 0 spiro atoms. The number of rotatable bonds is 7. The summed E-state index contributed by atoms with van der Waals surface area (Å²) >= 11 is 0. The molecule has 190 valence electrons. The molecule has 6 N–H and O–H groups in total. The molecule has 0 aliphatic carbocycles. The average Bonchev–Trinajstić information content (AvgIpc) is 2.91. The molecule has 38 heavy (non-hydrogen) atoms. The topological polar surface area (TPSA) is 150 Å². The largest absolute Gasteiger partial charge is 0.507 e. The van der Waals surface area contributed by atoms with Crippen molar-refractivity contribution >= 4 is 39.4 Å². The molecule has 0 unspecified atom stereocenters. The van der Waals surface area contributed by atoms with Gasteiger partial charge in [-0.3, -0.25) is 14.4 Å². The van der Waals surface area contributed by atoms with E-state index in [1.54, 1.807) is 12.1 Å². The molecule has 0 aliphatic heterocycles. The van der Waals surface area contributed by atoms with Gasteiger partial charge in [-0.25, -0.2) is 4.98 Å². The molecule has 9 heteroatoms. The summed E-state index contributed by atoms with van der Waals surface area (Å²) in [6.07, 6.45) is 0.276. The number of hydrogen-bond acceptors (Lipinski definition) is 6. The van der Waals surface area contributed by atoms with E-state index in [0.717, 1.165) is 28.1 Å². The Morgan fingerprint density at radius 3 is 2.58 bits per heavy atom. The molecule has 2 heterocycles. The summed E-state index contributed by atoms with van der Waals surface area (Å²) in [7, 11) is 0. The van der Waals surface area contributed by atoms with E-state index in [1.165, 1.54) is 12.1 Å². The van der Waals surface area contributed by atoms with Crippen molar-refractivity contribution in [3.05, 3.63) is 112 Å². The van der Waals surface area contributed by atoms with Gasteiger partial charge in [-0.15, -0.1) is 0 Å². The molecule has 2 aromatic heterocycles. The van der Waals surface area contributed by atoms with Gasteiger partial charge in [0.05, 0.1) is 11.0 Å². The van der Waals surface area contributed by atoms with E-state index in [-0.39, 0.29) is 30.2 Å². The lowest BCUT2D eigenvalue weighted by molar-refractivity contribution is -0.123. The molecule has 0 bridgehead atoms. The van der Waals surface area contributed by atoms with Gasteiger partial charge in [0.15, 0.2) is 0 Å². The number of nitrogens with two attached hydrogens (primary N) is 1. The number of carbonyl (C=O) groups excluding carboxylic acids is 2. The molecule has 5 aromatic rings. The zero-order chi connectivity index (χ0) is 26.6. The van der Waals surface area contributed by atoms with E-state index in [1.807, 2.05) is 54.6 Å². The van der Waals surface area contributed by atoms with Crippen LogP contribution in [0, 0.1) is 0 Å². The SMILES string of the molecule is Nc1ccc2c(CNC(=O)[C@H](Cc3ccccc3)NC(=O)c3ccc4[nH]c(=O)cc(O)c4c3)cccc2n1. The number of aromatic amines is 1. The summed E-state index contributed by atoms with van der Waals surface area (Å²) < 4.78 is 0. The molecule has 0 saturated heterocycles. The Bertz CT molecular complexity index is 1720. The maximum absolute atomic E-state index is 13.3. The predicted octanol–water partition coefficient (Wildman–Crippen LogP) is 3.02. The summed E-state index contributed by atoms with van der Waals surface area (Å²) in [5.74, 6) is -0.657. The number of nitrogens with one attached hydrogen (secondary N) is 3. The Labute approximate surface area is 217 Å². The summed E-state index contributed by atoms with van der Waals surface area (Å²) in [5, 5.41) is 17.1. The first-order chi connectivity index (χ1) is 18.4. The third kappa shape index (κ3) is 5.31. The number of fused-ring (bicyclic) bond motifs is 2. The van der Waals surface area contributed by atoms with Gasteiger partial charge in [-0.05, 0) is 47.5 Å². The molecule has 0 radical (unpaired) electrons. The van der Waals surface area contributed by atoms with Crippen molar-refractivity contribution in [1.29, 1.82) is 0 Å². The minimum Gasteiger partial charge on any atom is -0.507 e. The number of carbonyl (C=O) groups is 2. The van der Waals surface area contributed by atoms with Crippen molar-refractivity contribution in [1.82, 2.24) is 20.6 Å². The van der Waals surface area contributed by atoms with Gasteiger partial charge in [-0.1, -0.05) is 42.5 Å². The smallest absolute Gasteiger partial charge is 0.252 e. The lowest BCUT2D eigenvalue weighted by Gasteiger charge is -2.19. The van der Waals surface area contributed by atoms with Crippen LogP contribution >= 0.6 is 0 Å². The van der Waals surface area contributed by atoms with Gasteiger partial charge in [0, 0.05) is 35.4 Å². The summed E-state index contributed by atoms with van der Waals surface area (Å²) in [4.78, 5) is 45.1. The first kappa shape index (κ1) is 24.5. The molecule has 1 atom stereocenters. The van der Waals surface area contributed by atoms with Crippen LogP contribution in [0.5, 0.6) is 5.75 Å². The first-order valence-electron chi connectivity index (χ1n) is 12.0. The minimum absolute atomic E-state index is 0.233. The van der Waals surface area contributed by atoms with Crippen LogP contribution in [0.3, 0.4) is 0 Å². The molecule has 0 fully saturated rings. The van der Waals surface area contributed by atoms with Crippen molar-refractivity contribution < 1.29 is 14.7 Å². The lowest BCUT2D eigenvalue weighted by atomic mass is 10.0. The highest BCUT2D eigenvalue weighted by molar-refractivity contribution is 6.01. The number of aromatic nitrogens is 2. The number of H-pyrrole nitrogens is 1. The second kappa shape index (κ2) is 10.4. The van der Waals surface area contributed by atoms with Crippen molar-refractivity contribution in [2.24, 2.45) is 0 Å². The van der Waals surface area contributed by atoms with Crippen LogP contribution in [0.2, 0.25) is 0 Å². The average molecular weight is 508 g/mol. The van der Waals surface area contributed by atoms with E-state index < -0.39 is 17.5 Å². The van der Waals surface area contributed by atoms with Crippen LogP contribution in [0.1, 0.15) is 21.5 Å². The van der Waals surface area contributed by atoms with Gasteiger partial charge >= 0.3 is 0 Å². The van der Waals surface area contributed by atoms with Gasteiger partial charge in [-0.2, -0.15) is 0 Å². The molecular weight excluding hydrogens is 482 g/mol. The predicted molar refractivity (Wildman–Crippen MR) is 146 cm³/mol. The van der Waals surface area contributed by atoms with Gasteiger partial charge < -0.3 is 26.5 Å². The third-order valence-corrected chi connectivity index (χ3v) is 6.28. The molecule has 0 saturated carbocycles. The summed E-state index contributed by atoms with van der Waals surface area (Å²) in [5.41, 5.74) is 8.47. The number of benzene rings is 3. The number of anilines is 1. The maximum Gasteiger partial charge on any atom is 0.252 e.